The van der Waals surface area contributed by atoms with E-state index in [0.717, 1.165) is 12.1 Å². The summed E-state index contributed by atoms with van der Waals surface area (Å²) in [6, 6.07) is 4.67. The number of hydrogen-bond acceptors (Lipinski definition) is 2. The molecule has 0 atom stereocenters. The standard InChI is InChI=1S/C11H7ClF3NO/c1-6-9(16-10(12)17-6)7-2-4-8(5-3-7)11(13,14)15/h2-5H,1H3. The van der Waals surface area contributed by atoms with Gasteiger partial charge in [0.15, 0.2) is 0 Å². The predicted molar refractivity (Wildman–Crippen MR) is 56.7 cm³/mol. The fourth-order valence-corrected chi connectivity index (χ4v) is 1.65. The maximum Gasteiger partial charge on any atom is 0.416 e. The van der Waals surface area contributed by atoms with E-state index in [0.29, 0.717) is 17.0 Å². The molecule has 1 aromatic heterocycles. The number of aryl methyl sites for hydroxylation is 1. The molecule has 90 valence electrons. The Labute approximate surface area is 100 Å². The van der Waals surface area contributed by atoms with Crippen LogP contribution in [0.1, 0.15) is 11.3 Å². The molecule has 0 fully saturated rings. The van der Waals surface area contributed by atoms with Gasteiger partial charge in [-0.1, -0.05) is 12.1 Å². The van der Waals surface area contributed by atoms with Gasteiger partial charge >= 0.3 is 6.18 Å². The second-order valence-corrected chi connectivity index (χ2v) is 3.77. The third-order valence-electron chi connectivity index (χ3n) is 2.26. The Morgan fingerprint density at radius 2 is 1.76 bits per heavy atom. The Kier molecular flexibility index (Phi) is 2.87. The summed E-state index contributed by atoms with van der Waals surface area (Å²) in [5.74, 6) is 0.467. The summed E-state index contributed by atoms with van der Waals surface area (Å²) in [6.07, 6.45) is -4.34. The van der Waals surface area contributed by atoms with Crippen molar-refractivity contribution >= 4 is 11.6 Å². The monoisotopic (exact) mass is 261 g/mol. The average Bonchev–Trinajstić information content (AvgIpc) is 2.57. The number of halogens is 4. The molecule has 0 N–H and O–H groups in total. The second kappa shape index (κ2) is 4.07. The van der Waals surface area contributed by atoms with Gasteiger partial charge in [0, 0.05) is 5.56 Å². The van der Waals surface area contributed by atoms with E-state index in [2.05, 4.69) is 4.98 Å². The predicted octanol–water partition coefficient (Wildman–Crippen LogP) is 4.32. The Morgan fingerprint density at radius 3 is 2.18 bits per heavy atom. The van der Waals surface area contributed by atoms with Crippen LogP contribution in [-0.2, 0) is 6.18 Å². The minimum absolute atomic E-state index is 0.0302. The maximum atomic E-state index is 12.4. The van der Waals surface area contributed by atoms with E-state index in [4.69, 9.17) is 16.0 Å². The van der Waals surface area contributed by atoms with Gasteiger partial charge in [0.05, 0.1) is 5.56 Å². The fraction of sp³-hybridized carbons (Fsp3) is 0.182. The molecule has 0 aliphatic heterocycles. The molecule has 0 bridgehead atoms. The molecular weight excluding hydrogens is 255 g/mol. The summed E-state index contributed by atoms with van der Waals surface area (Å²) in [5.41, 5.74) is 0.281. The van der Waals surface area contributed by atoms with Gasteiger partial charge in [-0.3, -0.25) is 0 Å². The zero-order valence-electron chi connectivity index (χ0n) is 8.68. The van der Waals surface area contributed by atoms with Crippen molar-refractivity contribution in [3.05, 3.63) is 40.9 Å². The second-order valence-electron chi connectivity index (χ2n) is 3.45. The topological polar surface area (TPSA) is 26.0 Å². The number of oxazole rings is 1. The molecule has 6 heteroatoms. The molecule has 0 saturated carbocycles. The van der Waals surface area contributed by atoms with Crippen LogP contribution in [0.3, 0.4) is 0 Å². The highest BCUT2D eigenvalue weighted by Crippen LogP contribution is 2.32. The zero-order chi connectivity index (χ0) is 12.6. The van der Waals surface area contributed by atoms with Crippen LogP contribution in [0, 0.1) is 6.92 Å². The first-order valence-corrected chi connectivity index (χ1v) is 5.06. The first-order chi connectivity index (χ1) is 7.88. The molecule has 1 heterocycles. The molecule has 2 aromatic rings. The van der Waals surface area contributed by atoms with Crippen molar-refractivity contribution in [3.8, 4) is 11.3 Å². The molecule has 17 heavy (non-hydrogen) atoms. The summed E-state index contributed by atoms with van der Waals surface area (Å²) < 4.78 is 42.0. The highest BCUT2D eigenvalue weighted by atomic mass is 35.5. The molecule has 1 aromatic carbocycles. The van der Waals surface area contributed by atoms with E-state index >= 15 is 0 Å². The van der Waals surface area contributed by atoms with E-state index in [9.17, 15) is 13.2 Å². The lowest BCUT2D eigenvalue weighted by Crippen LogP contribution is -2.04. The fourth-order valence-electron chi connectivity index (χ4n) is 1.45. The number of rotatable bonds is 1. The van der Waals surface area contributed by atoms with Gasteiger partial charge in [-0.05, 0) is 30.7 Å². The van der Waals surface area contributed by atoms with Crippen LogP contribution in [0.25, 0.3) is 11.3 Å². The summed E-state index contributed by atoms with van der Waals surface area (Å²) in [5, 5.41) is -0.0302. The van der Waals surface area contributed by atoms with Crippen molar-refractivity contribution in [1.29, 1.82) is 0 Å². The number of nitrogens with zero attached hydrogens (tertiary/aromatic N) is 1. The van der Waals surface area contributed by atoms with Crippen molar-refractivity contribution in [2.45, 2.75) is 13.1 Å². The molecule has 2 rings (SSSR count). The van der Waals surface area contributed by atoms with E-state index in [1.54, 1.807) is 6.92 Å². The van der Waals surface area contributed by atoms with E-state index in [-0.39, 0.29) is 5.35 Å². The Balaban J connectivity index is 2.39. The lowest BCUT2D eigenvalue weighted by Gasteiger charge is -2.06. The van der Waals surface area contributed by atoms with E-state index < -0.39 is 11.7 Å². The first-order valence-electron chi connectivity index (χ1n) is 4.68. The highest BCUT2D eigenvalue weighted by Gasteiger charge is 2.30. The number of aromatic nitrogens is 1. The summed E-state index contributed by atoms with van der Waals surface area (Å²) >= 11 is 5.56. The van der Waals surface area contributed by atoms with Gasteiger partial charge in [0.1, 0.15) is 11.5 Å². The van der Waals surface area contributed by atoms with E-state index in [1.807, 2.05) is 0 Å². The van der Waals surface area contributed by atoms with Crippen LogP contribution in [0.2, 0.25) is 5.35 Å². The highest BCUT2D eigenvalue weighted by molar-refractivity contribution is 6.27. The number of benzene rings is 1. The minimum Gasteiger partial charge on any atom is -0.432 e. The van der Waals surface area contributed by atoms with Gasteiger partial charge < -0.3 is 4.42 Å². The zero-order valence-corrected chi connectivity index (χ0v) is 9.43. The van der Waals surface area contributed by atoms with Crippen LogP contribution in [0.15, 0.2) is 28.7 Å². The Morgan fingerprint density at radius 1 is 1.18 bits per heavy atom. The van der Waals surface area contributed by atoms with Crippen molar-refractivity contribution in [1.82, 2.24) is 4.98 Å². The van der Waals surface area contributed by atoms with Crippen LogP contribution >= 0.6 is 11.6 Å². The van der Waals surface area contributed by atoms with Gasteiger partial charge in [-0.15, -0.1) is 0 Å². The molecular formula is C11H7ClF3NO. The van der Waals surface area contributed by atoms with Gasteiger partial charge in [0.2, 0.25) is 0 Å². The molecule has 2 nitrogen and oxygen atoms in total. The van der Waals surface area contributed by atoms with Gasteiger partial charge in [-0.25, -0.2) is 0 Å². The van der Waals surface area contributed by atoms with E-state index in [1.165, 1.54) is 12.1 Å². The van der Waals surface area contributed by atoms with Crippen molar-refractivity contribution < 1.29 is 17.6 Å². The van der Waals surface area contributed by atoms with Crippen LogP contribution in [0.4, 0.5) is 13.2 Å². The molecule has 0 saturated heterocycles. The lowest BCUT2D eigenvalue weighted by molar-refractivity contribution is -0.137. The maximum absolute atomic E-state index is 12.4. The lowest BCUT2D eigenvalue weighted by atomic mass is 10.1. The third-order valence-corrected chi connectivity index (χ3v) is 2.42. The molecule has 0 spiro atoms. The van der Waals surface area contributed by atoms with Crippen LogP contribution in [0.5, 0.6) is 0 Å². The van der Waals surface area contributed by atoms with Gasteiger partial charge in [-0.2, -0.15) is 18.2 Å². The van der Waals surface area contributed by atoms with Crippen molar-refractivity contribution in [2.24, 2.45) is 0 Å². The smallest absolute Gasteiger partial charge is 0.416 e. The summed E-state index contributed by atoms with van der Waals surface area (Å²) in [7, 11) is 0. The quantitative estimate of drug-likeness (QED) is 0.764. The molecule has 0 aliphatic carbocycles. The van der Waals surface area contributed by atoms with Crippen LogP contribution < -0.4 is 0 Å². The van der Waals surface area contributed by atoms with Crippen molar-refractivity contribution in [2.75, 3.05) is 0 Å². The van der Waals surface area contributed by atoms with Crippen molar-refractivity contribution in [3.63, 3.8) is 0 Å². The number of alkyl halides is 3. The molecule has 0 unspecified atom stereocenters. The SMILES string of the molecule is Cc1oc(Cl)nc1-c1ccc(C(F)(F)F)cc1. The van der Waals surface area contributed by atoms with Crippen LogP contribution in [-0.4, -0.2) is 4.98 Å². The third kappa shape index (κ3) is 2.44. The molecule has 0 radical (unpaired) electrons. The number of hydrogen-bond donors (Lipinski definition) is 0. The first kappa shape index (κ1) is 12.0. The normalized spacial score (nSPS) is 11.8. The summed E-state index contributed by atoms with van der Waals surface area (Å²) in [4.78, 5) is 3.89. The molecule has 0 amide bonds. The largest absolute Gasteiger partial charge is 0.432 e. The average molecular weight is 262 g/mol. The summed E-state index contributed by atoms with van der Waals surface area (Å²) in [6.45, 7) is 1.64. The molecule has 0 aliphatic rings. The Hall–Kier alpha value is -1.49. The van der Waals surface area contributed by atoms with Gasteiger partial charge in [0.25, 0.3) is 5.35 Å². The minimum atomic E-state index is -4.34. The Bertz CT molecular complexity index is 531.